The minimum atomic E-state index is -3.43. The largest absolute Gasteiger partial charge is 0.310 e. The van der Waals surface area contributed by atoms with Gasteiger partial charge in [0.2, 0.25) is 10.0 Å². The summed E-state index contributed by atoms with van der Waals surface area (Å²) in [6, 6.07) is 7.27. The monoisotopic (exact) mass is 330 g/mol. The fourth-order valence-corrected chi connectivity index (χ4v) is 3.96. The summed E-state index contributed by atoms with van der Waals surface area (Å²) in [5.41, 5.74) is 0.983. The topological polar surface area (TPSA) is 58.2 Å². The van der Waals surface area contributed by atoms with E-state index in [2.05, 4.69) is 10.0 Å². The number of sulfonamides is 1. The number of thioether (sulfide) groups is 1. The molecule has 0 spiro atoms. The van der Waals surface area contributed by atoms with Crippen molar-refractivity contribution in [2.75, 3.05) is 25.1 Å². The lowest BCUT2D eigenvalue weighted by molar-refractivity contribution is 0.561. The summed E-state index contributed by atoms with van der Waals surface area (Å²) in [6.45, 7) is 7.43. The minimum Gasteiger partial charge on any atom is -0.310 e. The van der Waals surface area contributed by atoms with Crippen LogP contribution in [-0.4, -0.2) is 33.5 Å². The molecule has 1 aromatic rings. The standard InChI is InChI=1S/C15H26N2O2S2/c1-5-16-13(3)14-7-6-8-15(9-14)21(18,19)17-10-12(2)11-20-4/h6-9,12-13,16-17H,5,10-11H2,1-4H3. The van der Waals surface area contributed by atoms with Crippen molar-refractivity contribution < 1.29 is 8.42 Å². The van der Waals surface area contributed by atoms with E-state index < -0.39 is 10.0 Å². The van der Waals surface area contributed by atoms with Crippen LogP contribution in [-0.2, 0) is 10.0 Å². The zero-order valence-electron chi connectivity index (χ0n) is 13.2. The number of hydrogen-bond donors (Lipinski definition) is 2. The maximum atomic E-state index is 12.3. The van der Waals surface area contributed by atoms with Crippen molar-refractivity contribution in [2.45, 2.75) is 31.7 Å². The molecule has 1 rings (SSSR count). The first-order valence-electron chi connectivity index (χ1n) is 7.22. The lowest BCUT2D eigenvalue weighted by atomic mass is 10.1. The summed E-state index contributed by atoms with van der Waals surface area (Å²) in [4.78, 5) is 0.334. The highest BCUT2D eigenvalue weighted by atomic mass is 32.2. The molecule has 21 heavy (non-hydrogen) atoms. The maximum absolute atomic E-state index is 12.3. The van der Waals surface area contributed by atoms with Crippen LogP contribution in [0.5, 0.6) is 0 Å². The first-order chi connectivity index (χ1) is 9.90. The molecule has 0 bridgehead atoms. The molecule has 0 radical (unpaired) electrons. The molecule has 0 saturated heterocycles. The molecule has 0 amide bonds. The predicted molar refractivity (Wildman–Crippen MR) is 91.3 cm³/mol. The second-order valence-electron chi connectivity index (χ2n) is 5.26. The van der Waals surface area contributed by atoms with Gasteiger partial charge in [-0.2, -0.15) is 11.8 Å². The molecule has 1 aromatic carbocycles. The molecule has 0 aliphatic heterocycles. The maximum Gasteiger partial charge on any atom is 0.240 e. The Morgan fingerprint density at radius 2 is 2.00 bits per heavy atom. The summed E-state index contributed by atoms with van der Waals surface area (Å²) in [7, 11) is -3.43. The quantitative estimate of drug-likeness (QED) is 0.731. The molecular weight excluding hydrogens is 304 g/mol. The van der Waals surface area contributed by atoms with Crippen molar-refractivity contribution in [3.63, 3.8) is 0 Å². The van der Waals surface area contributed by atoms with Crippen LogP contribution in [0.25, 0.3) is 0 Å². The summed E-state index contributed by atoms with van der Waals surface area (Å²) in [6.07, 6.45) is 2.02. The van der Waals surface area contributed by atoms with Gasteiger partial charge in [-0.15, -0.1) is 0 Å². The summed E-state index contributed by atoms with van der Waals surface area (Å²) in [5.74, 6) is 1.26. The summed E-state index contributed by atoms with van der Waals surface area (Å²) in [5, 5.41) is 3.29. The fraction of sp³-hybridized carbons (Fsp3) is 0.600. The van der Waals surface area contributed by atoms with Crippen LogP contribution in [0.4, 0.5) is 0 Å². The average Bonchev–Trinajstić information content (AvgIpc) is 2.46. The molecule has 6 heteroatoms. The second kappa shape index (κ2) is 8.78. The first-order valence-corrected chi connectivity index (χ1v) is 10.1. The fourth-order valence-electron chi connectivity index (χ4n) is 2.05. The van der Waals surface area contributed by atoms with E-state index in [0.717, 1.165) is 17.9 Å². The first kappa shape index (κ1) is 18.5. The molecule has 120 valence electrons. The van der Waals surface area contributed by atoms with E-state index in [4.69, 9.17) is 0 Å². The van der Waals surface area contributed by atoms with Gasteiger partial charge in [0.1, 0.15) is 0 Å². The SMILES string of the molecule is CCNC(C)c1cccc(S(=O)(=O)NCC(C)CSC)c1. The smallest absolute Gasteiger partial charge is 0.240 e. The minimum absolute atomic E-state index is 0.139. The van der Waals surface area contributed by atoms with Crippen molar-refractivity contribution in [3.05, 3.63) is 29.8 Å². The Kier molecular flexibility index (Phi) is 7.73. The van der Waals surface area contributed by atoms with E-state index in [1.807, 2.05) is 33.1 Å². The third-order valence-electron chi connectivity index (χ3n) is 3.25. The highest BCUT2D eigenvalue weighted by Crippen LogP contribution is 2.17. The van der Waals surface area contributed by atoms with Crippen LogP contribution in [0.1, 0.15) is 32.4 Å². The average molecular weight is 331 g/mol. The molecule has 0 heterocycles. The van der Waals surface area contributed by atoms with Crippen LogP contribution in [0.3, 0.4) is 0 Å². The number of benzene rings is 1. The van der Waals surface area contributed by atoms with Gasteiger partial charge in [-0.1, -0.05) is 26.0 Å². The van der Waals surface area contributed by atoms with Crippen molar-refractivity contribution in [3.8, 4) is 0 Å². The lowest BCUT2D eigenvalue weighted by Gasteiger charge is -2.15. The van der Waals surface area contributed by atoms with E-state index in [9.17, 15) is 8.42 Å². The molecule has 2 atom stereocenters. The zero-order chi connectivity index (χ0) is 15.9. The van der Waals surface area contributed by atoms with Gasteiger partial charge in [-0.3, -0.25) is 0 Å². The Hall–Kier alpha value is -0.560. The summed E-state index contributed by atoms with van der Waals surface area (Å²) >= 11 is 1.72. The molecule has 0 fully saturated rings. The lowest BCUT2D eigenvalue weighted by Crippen LogP contribution is -2.29. The zero-order valence-corrected chi connectivity index (χ0v) is 14.9. The second-order valence-corrected chi connectivity index (χ2v) is 7.94. The van der Waals surface area contributed by atoms with Crippen LogP contribution >= 0.6 is 11.8 Å². The Bertz CT molecular complexity index is 532. The van der Waals surface area contributed by atoms with Crippen molar-refractivity contribution in [1.82, 2.24) is 10.0 Å². The van der Waals surface area contributed by atoms with Crippen LogP contribution in [0.15, 0.2) is 29.2 Å². The van der Waals surface area contributed by atoms with Crippen molar-refractivity contribution in [1.29, 1.82) is 0 Å². The van der Waals surface area contributed by atoms with E-state index in [0.29, 0.717) is 17.4 Å². The van der Waals surface area contributed by atoms with E-state index in [-0.39, 0.29) is 6.04 Å². The highest BCUT2D eigenvalue weighted by molar-refractivity contribution is 7.98. The normalized spacial score (nSPS) is 14.9. The van der Waals surface area contributed by atoms with Gasteiger partial charge in [0, 0.05) is 12.6 Å². The molecule has 0 saturated carbocycles. The van der Waals surface area contributed by atoms with Gasteiger partial charge in [-0.25, -0.2) is 13.1 Å². The molecule has 2 unspecified atom stereocenters. The molecule has 0 aliphatic rings. The predicted octanol–water partition coefficient (Wildman–Crippen LogP) is 2.63. The van der Waals surface area contributed by atoms with Gasteiger partial charge in [0.15, 0.2) is 0 Å². The molecular formula is C15H26N2O2S2. The van der Waals surface area contributed by atoms with Crippen molar-refractivity contribution in [2.24, 2.45) is 5.92 Å². The highest BCUT2D eigenvalue weighted by Gasteiger charge is 2.16. The van der Waals surface area contributed by atoms with Crippen LogP contribution in [0, 0.1) is 5.92 Å². The molecule has 2 N–H and O–H groups in total. The van der Waals surface area contributed by atoms with Gasteiger partial charge in [-0.05, 0) is 49.1 Å². The molecule has 0 aliphatic carbocycles. The number of rotatable bonds is 9. The molecule has 4 nitrogen and oxygen atoms in total. The van der Waals surface area contributed by atoms with Crippen molar-refractivity contribution >= 4 is 21.8 Å². The van der Waals surface area contributed by atoms with E-state index in [1.54, 1.807) is 30.0 Å². The van der Waals surface area contributed by atoms with Crippen LogP contribution in [0.2, 0.25) is 0 Å². The van der Waals surface area contributed by atoms with E-state index in [1.165, 1.54) is 0 Å². The Morgan fingerprint density at radius 1 is 1.29 bits per heavy atom. The van der Waals surface area contributed by atoms with Gasteiger partial charge < -0.3 is 5.32 Å². The Balaban J connectivity index is 2.81. The number of nitrogens with one attached hydrogen (secondary N) is 2. The Morgan fingerprint density at radius 3 is 2.62 bits per heavy atom. The Labute approximate surface area is 133 Å². The third kappa shape index (κ3) is 5.98. The third-order valence-corrected chi connectivity index (χ3v) is 5.58. The number of hydrogen-bond acceptors (Lipinski definition) is 4. The van der Waals surface area contributed by atoms with E-state index >= 15 is 0 Å². The van der Waals surface area contributed by atoms with Gasteiger partial charge in [0.05, 0.1) is 4.90 Å². The van der Waals surface area contributed by atoms with Crippen LogP contribution < -0.4 is 10.0 Å². The van der Waals surface area contributed by atoms with Gasteiger partial charge >= 0.3 is 0 Å². The molecule has 0 aromatic heterocycles. The van der Waals surface area contributed by atoms with Gasteiger partial charge in [0.25, 0.3) is 0 Å². The summed E-state index contributed by atoms with van der Waals surface area (Å²) < 4.78 is 27.4.